The summed E-state index contributed by atoms with van der Waals surface area (Å²) in [4.78, 5) is 0. The molecule has 1 aromatic rings. The maximum Gasteiger partial charge on any atom is 0.435 e. The number of nitrogens with two attached hydrogens (primary N) is 1. The van der Waals surface area contributed by atoms with Crippen LogP contribution in [0.4, 0.5) is 36.4 Å². The van der Waals surface area contributed by atoms with E-state index in [1.165, 1.54) is 29.5 Å². The molecule has 0 aromatic heterocycles. The molecule has 0 radical (unpaired) electrons. The zero-order valence-electron chi connectivity index (χ0n) is 9.96. The van der Waals surface area contributed by atoms with Gasteiger partial charge in [0.2, 0.25) is 0 Å². The Morgan fingerprint density at radius 2 is 1.45 bits per heavy atom. The molecule has 0 heterocycles. The van der Waals surface area contributed by atoms with Crippen LogP contribution < -0.4 is 5.73 Å². The van der Waals surface area contributed by atoms with Crippen LogP contribution in [0.5, 0.6) is 0 Å². The topological polar surface area (TPSA) is 26.0 Å². The summed E-state index contributed by atoms with van der Waals surface area (Å²) in [6.07, 6.45) is -12.1. The Kier molecular flexibility index (Phi) is 4.52. The van der Waals surface area contributed by atoms with E-state index in [1.807, 2.05) is 0 Å². The van der Waals surface area contributed by atoms with Gasteiger partial charge in [0.1, 0.15) is 0 Å². The lowest BCUT2D eigenvalue weighted by atomic mass is 9.91. The van der Waals surface area contributed by atoms with Crippen molar-refractivity contribution >= 4 is 28.3 Å². The van der Waals surface area contributed by atoms with Crippen molar-refractivity contribution in [2.45, 2.75) is 31.4 Å². The summed E-state index contributed by atoms with van der Waals surface area (Å²) in [6.45, 7) is 1.49. The number of halogens is 8. The summed E-state index contributed by atoms with van der Waals surface area (Å²) in [7, 11) is 0. The first-order valence-corrected chi connectivity index (χ1v) is 6.34. The summed E-state index contributed by atoms with van der Waals surface area (Å²) in [5.74, 6) is 0. The molecule has 0 atom stereocenters. The second-order valence-electron chi connectivity index (χ2n) is 4.04. The number of aryl methyl sites for hydroxylation is 1. The van der Waals surface area contributed by atoms with Crippen LogP contribution in [-0.2, 0) is 12.1 Å². The monoisotopic (exact) mass is 415 g/mol. The molecule has 1 aromatic carbocycles. The Morgan fingerprint density at radius 3 is 1.80 bits per heavy atom. The van der Waals surface area contributed by atoms with Gasteiger partial charge in [0.15, 0.2) is 0 Å². The van der Waals surface area contributed by atoms with Crippen LogP contribution in [0.2, 0.25) is 0 Å². The van der Waals surface area contributed by atoms with Gasteiger partial charge >= 0.3 is 18.0 Å². The van der Waals surface area contributed by atoms with Crippen molar-refractivity contribution in [3.05, 3.63) is 26.8 Å². The Morgan fingerprint density at radius 1 is 1.00 bits per heavy atom. The van der Waals surface area contributed by atoms with E-state index in [0.29, 0.717) is 12.1 Å². The summed E-state index contributed by atoms with van der Waals surface area (Å²) in [5.41, 5.74) is -1.32. The molecule has 1 nitrogen and oxygen atoms in total. The number of rotatable bonds is 2. The average molecular weight is 415 g/mol. The number of hydrogen-bond acceptors (Lipinski definition) is 1. The van der Waals surface area contributed by atoms with Gasteiger partial charge in [0.25, 0.3) is 0 Å². The molecule has 0 unspecified atom stereocenters. The van der Waals surface area contributed by atoms with Gasteiger partial charge in [-0.15, -0.1) is 0 Å². The summed E-state index contributed by atoms with van der Waals surface area (Å²) < 4.78 is 89.6. The molecule has 114 valence electrons. The smallest absolute Gasteiger partial charge is 0.398 e. The molecule has 0 amide bonds. The third-order valence-electron chi connectivity index (χ3n) is 2.78. The highest BCUT2D eigenvalue weighted by molar-refractivity contribution is 14.1. The fourth-order valence-corrected chi connectivity index (χ4v) is 2.34. The van der Waals surface area contributed by atoms with Gasteiger partial charge in [-0.1, -0.05) is 6.92 Å². The standard InChI is InChI=1S/C11H9F7IN/c1-2-5-3-6(4-7(19)8(5)20)9(12,10(13,14)15)11(16,17)18/h3-4H,2,20H2,1H3. The fourth-order valence-electron chi connectivity index (χ4n) is 1.65. The van der Waals surface area contributed by atoms with E-state index >= 15 is 0 Å². The van der Waals surface area contributed by atoms with Crippen LogP contribution in [-0.4, -0.2) is 12.4 Å². The van der Waals surface area contributed by atoms with Gasteiger partial charge < -0.3 is 5.73 Å². The molecule has 0 saturated heterocycles. The van der Waals surface area contributed by atoms with Crippen LogP contribution >= 0.6 is 22.6 Å². The van der Waals surface area contributed by atoms with Crippen LogP contribution in [0.15, 0.2) is 12.1 Å². The van der Waals surface area contributed by atoms with Gasteiger partial charge in [-0.3, -0.25) is 0 Å². The normalized spacial score (nSPS) is 13.7. The first kappa shape index (κ1) is 17.3. The van der Waals surface area contributed by atoms with E-state index in [2.05, 4.69) is 0 Å². The van der Waals surface area contributed by atoms with Crippen molar-refractivity contribution in [1.82, 2.24) is 0 Å². The molecule has 20 heavy (non-hydrogen) atoms. The summed E-state index contributed by atoms with van der Waals surface area (Å²) in [6, 6.07) is 0.981. The van der Waals surface area contributed by atoms with Gasteiger partial charge in [-0.05, 0) is 46.7 Å². The molecule has 9 heteroatoms. The number of anilines is 1. The largest absolute Gasteiger partial charge is 0.435 e. The molecule has 0 aliphatic rings. The van der Waals surface area contributed by atoms with E-state index in [1.54, 1.807) is 0 Å². The van der Waals surface area contributed by atoms with E-state index in [9.17, 15) is 30.7 Å². The van der Waals surface area contributed by atoms with Crippen molar-refractivity contribution in [2.75, 3.05) is 5.73 Å². The maximum absolute atomic E-state index is 13.9. The first-order valence-electron chi connectivity index (χ1n) is 5.27. The minimum atomic E-state index is -6.12. The molecule has 0 aliphatic heterocycles. The highest BCUT2D eigenvalue weighted by Crippen LogP contribution is 2.53. The van der Waals surface area contributed by atoms with Crippen molar-refractivity contribution < 1.29 is 30.7 Å². The number of benzene rings is 1. The Balaban J connectivity index is 3.65. The lowest BCUT2D eigenvalue weighted by Crippen LogP contribution is -2.50. The average Bonchev–Trinajstić information content (AvgIpc) is 2.28. The SMILES string of the molecule is CCc1cc(C(F)(C(F)(F)F)C(F)(F)F)cc(I)c1N. The zero-order chi connectivity index (χ0) is 15.9. The molecular formula is C11H9F7IN. The van der Waals surface area contributed by atoms with Crippen LogP contribution in [0.3, 0.4) is 0 Å². The molecular weight excluding hydrogens is 406 g/mol. The van der Waals surface area contributed by atoms with Gasteiger partial charge in [0, 0.05) is 14.8 Å². The molecule has 0 spiro atoms. The zero-order valence-corrected chi connectivity index (χ0v) is 12.1. The second-order valence-corrected chi connectivity index (χ2v) is 5.20. The molecule has 0 fully saturated rings. The second kappa shape index (κ2) is 5.23. The Labute approximate surface area is 123 Å². The first-order chi connectivity index (χ1) is 8.86. The van der Waals surface area contributed by atoms with Gasteiger partial charge in [0.05, 0.1) is 0 Å². The lowest BCUT2D eigenvalue weighted by molar-refractivity contribution is -0.348. The van der Waals surface area contributed by atoms with Crippen molar-refractivity contribution in [3.8, 4) is 0 Å². The van der Waals surface area contributed by atoms with Crippen LogP contribution in [0.1, 0.15) is 18.1 Å². The van der Waals surface area contributed by atoms with Crippen molar-refractivity contribution in [1.29, 1.82) is 0 Å². The number of nitrogen functional groups attached to an aromatic ring is 1. The lowest BCUT2D eigenvalue weighted by Gasteiger charge is -2.31. The van der Waals surface area contributed by atoms with Gasteiger partial charge in [-0.2, -0.15) is 26.3 Å². The highest BCUT2D eigenvalue weighted by Gasteiger charge is 2.73. The minimum absolute atomic E-state index is 0.0300. The van der Waals surface area contributed by atoms with Crippen molar-refractivity contribution in [3.63, 3.8) is 0 Å². The fraction of sp³-hybridized carbons (Fsp3) is 0.455. The predicted molar refractivity (Wildman–Crippen MR) is 67.8 cm³/mol. The predicted octanol–water partition coefficient (Wildman–Crippen LogP) is 4.73. The quantitative estimate of drug-likeness (QED) is 0.422. The molecule has 0 aliphatic carbocycles. The van der Waals surface area contributed by atoms with E-state index < -0.39 is 23.6 Å². The number of alkyl halides is 7. The van der Waals surface area contributed by atoms with E-state index in [0.717, 1.165) is 0 Å². The molecule has 2 N–H and O–H groups in total. The van der Waals surface area contributed by atoms with E-state index in [4.69, 9.17) is 5.73 Å². The molecule has 1 rings (SSSR count). The minimum Gasteiger partial charge on any atom is -0.398 e. The molecule has 0 bridgehead atoms. The molecule has 0 saturated carbocycles. The maximum atomic E-state index is 13.9. The van der Waals surface area contributed by atoms with Crippen LogP contribution in [0.25, 0.3) is 0 Å². The summed E-state index contributed by atoms with van der Waals surface area (Å²) >= 11 is 1.47. The Bertz CT molecular complexity index is 493. The number of hydrogen-bond donors (Lipinski definition) is 1. The van der Waals surface area contributed by atoms with Crippen LogP contribution in [0, 0.1) is 3.57 Å². The third kappa shape index (κ3) is 2.68. The summed E-state index contributed by atoms with van der Waals surface area (Å²) in [5, 5.41) is 0. The van der Waals surface area contributed by atoms with E-state index in [-0.39, 0.29) is 21.2 Å². The Hall–Kier alpha value is -0.740. The third-order valence-corrected chi connectivity index (χ3v) is 3.67. The van der Waals surface area contributed by atoms with Crippen molar-refractivity contribution in [2.24, 2.45) is 0 Å². The highest BCUT2D eigenvalue weighted by atomic mass is 127. The van der Waals surface area contributed by atoms with Gasteiger partial charge in [-0.25, -0.2) is 4.39 Å².